The predicted molar refractivity (Wildman–Crippen MR) is 98.3 cm³/mol. The van der Waals surface area contributed by atoms with Crippen LogP contribution in [0.4, 0.5) is 17.3 Å². The summed E-state index contributed by atoms with van der Waals surface area (Å²) in [7, 11) is 0. The monoisotopic (exact) mass is 329 g/mol. The van der Waals surface area contributed by atoms with Gasteiger partial charge in [-0.05, 0) is 43.7 Å². The van der Waals surface area contributed by atoms with Crippen molar-refractivity contribution < 1.29 is 0 Å². The summed E-state index contributed by atoms with van der Waals surface area (Å²) in [5.74, 6) is 1.35. The number of nitrogens with zero attached hydrogens (tertiary/aromatic N) is 3. The van der Waals surface area contributed by atoms with Gasteiger partial charge in [0.25, 0.3) is 0 Å². The standard InChI is InChI=1S/C17H23N5S/c1-12-4-3-5-14(10-12)22-8-6-13(7-9-22)19-16-11-15(18)20-17(21-16)23-2/h3-5,10-11,13H,6-9H2,1-2H3,(H3,18,19,20,21). The van der Waals surface area contributed by atoms with Gasteiger partial charge in [-0.2, -0.15) is 0 Å². The zero-order chi connectivity index (χ0) is 16.2. The molecule has 0 aliphatic carbocycles. The summed E-state index contributed by atoms with van der Waals surface area (Å²) in [4.78, 5) is 11.1. The fourth-order valence-electron chi connectivity index (χ4n) is 2.92. The summed E-state index contributed by atoms with van der Waals surface area (Å²) in [6.45, 7) is 4.24. The number of hydrogen-bond donors (Lipinski definition) is 2. The van der Waals surface area contributed by atoms with Gasteiger partial charge in [-0.1, -0.05) is 23.9 Å². The fraction of sp³-hybridized carbons (Fsp3) is 0.412. The molecule has 0 amide bonds. The molecule has 0 unspecified atom stereocenters. The summed E-state index contributed by atoms with van der Waals surface area (Å²) in [5, 5.41) is 4.22. The van der Waals surface area contributed by atoms with Crippen LogP contribution in [0.2, 0.25) is 0 Å². The largest absolute Gasteiger partial charge is 0.383 e. The minimum atomic E-state index is 0.431. The Morgan fingerprint density at radius 1 is 1.22 bits per heavy atom. The van der Waals surface area contributed by atoms with Gasteiger partial charge in [0.15, 0.2) is 5.16 Å². The molecule has 3 rings (SSSR count). The van der Waals surface area contributed by atoms with Crippen LogP contribution in [0.15, 0.2) is 35.5 Å². The molecule has 1 aromatic carbocycles. The molecule has 0 bridgehead atoms. The van der Waals surface area contributed by atoms with E-state index in [0.717, 1.165) is 31.7 Å². The van der Waals surface area contributed by atoms with E-state index in [1.165, 1.54) is 23.0 Å². The number of aryl methyl sites for hydroxylation is 1. The molecule has 1 aromatic heterocycles. The highest BCUT2D eigenvalue weighted by molar-refractivity contribution is 7.98. The van der Waals surface area contributed by atoms with Crippen LogP contribution in [0.1, 0.15) is 18.4 Å². The van der Waals surface area contributed by atoms with Crippen LogP contribution in [0.25, 0.3) is 0 Å². The summed E-state index contributed by atoms with van der Waals surface area (Å²) < 4.78 is 0. The molecule has 23 heavy (non-hydrogen) atoms. The van der Waals surface area contributed by atoms with Gasteiger partial charge in [0.05, 0.1) is 0 Å². The van der Waals surface area contributed by atoms with E-state index in [9.17, 15) is 0 Å². The van der Waals surface area contributed by atoms with Crippen molar-refractivity contribution in [3.8, 4) is 0 Å². The van der Waals surface area contributed by atoms with Crippen molar-refractivity contribution in [1.82, 2.24) is 9.97 Å². The number of hydrogen-bond acceptors (Lipinski definition) is 6. The number of rotatable bonds is 4. The van der Waals surface area contributed by atoms with Crippen LogP contribution >= 0.6 is 11.8 Å². The highest BCUT2D eigenvalue weighted by Crippen LogP contribution is 2.23. The number of nitrogens with two attached hydrogens (primary N) is 1. The Balaban J connectivity index is 1.60. The van der Waals surface area contributed by atoms with Gasteiger partial charge in [0, 0.05) is 30.9 Å². The van der Waals surface area contributed by atoms with Gasteiger partial charge in [0.2, 0.25) is 0 Å². The van der Waals surface area contributed by atoms with Crippen molar-refractivity contribution in [2.45, 2.75) is 31.0 Å². The SMILES string of the molecule is CSc1nc(N)cc(NC2CCN(c3cccc(C)c3)CC2)n1. The van der Waals surface area contributed by atoms with Crippen LogP contribution < -0.4 is 16.0 Å². The van der Waals surface area contributed by atoms with Crippen molar-refractivity contribution in [2.75, 3.05) is 35.3 Å². The second kappa shape index (κ2) is 7.08. The van der Waals surface area contributed by atoms with Crippen molar-refractivity contribution in [2.24, 2.45) is 0 Å². The molecule has 0 atom stereocenters. The molecule has 0 radical (unpaired) electrons. The number of thioether (sulfide) groups is 1. The summed E-state index contributed by atoms with van der Waals surface area (Å²) >= 11 is 1.51. The van der Waals surface area contributed by atoms with Gasteiger partial charge in [-0.15, -0.1) is 0 Å². The topological polar surface area (TPSA) is 67.1 Å². The second-order valence-corrected chi connectivity index (χ2v) is 6.68. The van der Waals surface area contributed by atoms with Gasteiger partial charge in [-0.25, -0.2) is 9.97 Å². The lowest BCUT2D eigenvalue weighted by atomic mass is 10.0. The van der Waals surface area contributed by atoms with Gasteiger partial charge in [0.1, 0.15) is 11.6 Å². The molecule has 3 N–H and O–H groups in total. The lowest BCUT2D eigenvalue weighted by molar-refractivity contribution is 0.525. The van der Waals surface area contributed by atoms with Crippen LogP contribution in [0.5, 0.6) is 0 Å². The number of anilines is 3. The van der Waals surface area contributed by atoms with Crippen LogP contribution in [-0.4, -0.2) is 35.4 Å². The molecule has 1 aliphatic rings. The molecule has 6 heteroatoms. The average molecular weight is 329 g/mol. The maximum Gasteiger partial charge on any atom is 0.191 e. The Morgan fingerprint density at radius 3 is 2.70 bits per heavy atom. The Bertz CT molecular complexity index is 668. The molecule has 122 valence electrons. The molecular weight excluding hydrogens is 306 g/mol. The van der Waals surface area contributed by atoms with Gasteiger partial charge in [-0.3, -0.25) is 0 Å². The number of nitrogens with one attached hydrogen (secondary N) is 1. The van der Waals surface area contributed by atoms with Crippen LogP contribution in [0, 0.1) is 6.92 Å². The smallest absolute Gasteiger partial charge is 0.191 e. The fourth-order valence-corrected chi connectivity index (χ4v) is 3.31. The Morgan fingerprint density at radius 2 is 2.00 bits per heavy atom. The first-order valence-electron chi connectivity index (χ1n) is 7.91. The molecule has 2 heterocycles. The zero-order valence-electron chi connectivity index (χ0n) is 13.6. The van der Waals surface area contributed by atoms with E-state index >= 15 is 0 Å². The number of aromatic nitrogens is 2. The maximum absolute atomic E-state index is 5.84. The summed E-state index contributed by atoms with van der Waals surface area (Å²) in [6, 6.07) is 11.0. The predicted octanol–water partition coefficient (Wildman–Crippen LogP) is 3.17. The van der Waals surface area contributed by atoms with Gasteiger partial charge < -0.3 is 16.0 Å². The Labute approximate surface area is 141 Å². The first kappa shape index (κ1) is 15.9. The zero-order valence-corrected chi connectivity index (χ0v) is 14.4. The van der Waals surface area contributed by atoms with Crippen molar-refractivity contribution in [1.29, 1.82) is 0 Å². The van der Waals surface area contributed by atoms with Crippen molar-refractivity contribution >= 4 is 29.1 Å². The van der Waals surface area contributed by atoms with Gasteiger partial charge >= 0.3 is 0 Å². The van der Waals surface area contributed by atoms with E-state index in [1.807, 2.05) is 12.3 Å². The van der Waals surface area contributed by atoms with Crippen LogP contribution in [0.3, 0.4) is 0 Å². The second-order valence-electron chi connectivity index (χ2n) is 5.91. The summed E-state index contributed by atoms with van der Waals surface area (Å²) in [5.41, 5.74) is 8.47. The lowest BCUT2D eigenvalue weighted by Gasteiger charge is -2.34. The molecule has 5 nitrogen and oxygen atoms in total. The maximum atomic E-state index is 5.84. The molecule has 1 fully saturated rings. The lowest BCUT2D eigenvalue weighted by Crippen LogP contribution is -2.39. The highest BCUT2D eigenvalue weighted by Gasteiger charge is 2.20. The molecule has 0 spiro atoms. The minimum Gasteiger partial charge on any atom is -0.383 e. The van der Waals surface area contributed by atoms with E-state index in [1.54, 1.807) is 0 Å². The normalized spacial score (nSPS) is 15.7. The van der Waals surface area contributed by atoms with E-state index in [0.29, 0.717) is 17.0 Å². The first-order valence-corrected chi connectivity index (χ1v) is 9.13. The van der Waals surface area contributed by atoms with Crippen molar-refractivity contribution in [3.05, 3.63) is 35.9 Å². The van der Waals surface area contributed by atoms with E-state index in [4.69, 9.17) is 5.73 Å². The summed E-state index contributed by atoms with van der Waals surface area (Å²) in [6.07, 6.45) is 4.14. The van der Waals surface area contributed by atoms with E-state index in [2.05, 4.69) is 51.4 Å². The molecule has 1 saturated heterocycles. The molecule has 0 saturated carbocycles. The van der Waals surface area contributed by atoms with E-state index < -0.39 is 0 Å². The van der Waals surface area contributed by atoms with Crippen molar-refractivity contribution in [3.63, 3.8) is 0 Å². The minimum absolute atomic E-state index is 0.431. The Kier molecular flexibility index (Phi) is 4.91. The van der Waals surface area contributed by atoms with E-state index in [-0.39, 0.29) is 0 Å². The quantitative estimate of drug-likeness (QED) is 0.663. The Hall–Kier alpha value is -1.95. The average Bonchev–Trinajstić information content (AvgIpc) is 2.55. The molecule has 2 aromatic rings. The number of nitrogen functional groups attached to an aromatic ring is 1. The number of piperidine rings is 1. The molecule has 1 aliphatic heterocycles. The first-order chi connectivity index (χ1) is 11.1. The number of benzene rings is 1. The third kappa shape index (κ3) is 4.07. The molecular formula is C17H23N5S. The third-order valence-electron chi connectivity index (χ3n) is 4.12. The highest BCUT2D eigenvalue weighted by atomic mass is 32.2. The van der Waals surface area contributed by atoms with Crippen LogP contribution in [-0.2, 0) is 0 Å². The third-order valence-corrected chi connectivity index (χ3v) is 4.67.